The molecule has 2 aromatic rings. The summed E-state index contributed by atoms with van der Waals surface area (Å²) in [5, 5.41) is 10.1. The van der Waals surface area contributed by atoms with Crippen LogP contribution in [0.1, 0.15) is 16.1 Å². The van der Waals surface area contributed by atoms with E-state index >= 15 is 0 Å². The summed E-state index contributed by atoms with van der Waals surface area (Å²) < 4.78 is 6.70. The molecule has 0 amide bonds. The highest BCUT2D eigenvalue weighted by molar-refractivity contribution is 6.31. The van der Waals surface area contributed by atoms with Gasteiger partial charge in [0.05, 0.1) is 17.8 Å². The van der Waals surface area contributed by atoms with Gasteiger partial charge in [0.15, 0.2) is 0 Å². The van der Waals surface area contributed by atoms with Gasteiger partial charge in [-0.05, 0) is 24.6 Å². The number of rotatable bonds is 3. The molecule has 4 nitrogen and oxygen atoms in total. The zero-order valence-corrected chi connectivity index (χ0v) is 11.8. The number of nitrogens with zero attached hydrogens (tertiary/aromatic N) is 1. The number of aromatic nitrogens is 1. The molecule has 0 saturated heterocycles. The molecule has 1 N–H and O–H groups in total. The molecule has 19 heavy (non-hydrogen) atoms. The molecule has 0 aliphatic carbocycles. The molecule has 0 bridgehead atoms. The number of aryl methyl sites for hydroxylation is 1. The Kier molecular flexibility index (Phi) is 3.73. The Bertz CT molecular complexity index is 650. The van der Waals surface area contributed by atoms with E-state index in [1.807, 2.05) is 6.92 Å². The summed E-state index contributed by atoms with van der Waals surface area (Å²) in [5.41, 5.74) is 1.46. The topological polar surface area (TPSA) is 51.5 Å². The average molecular weight is 300 g/mol. The molecule has 0 spiro atoms. The van der Waals surface area contributed by atoms with Crippen LogP contribution in [0, 0.1) is 6.92 Å². The molecule has 0 atom stereocenters. The Morgan fingerprint density at radius 1 is 1.32 bits per heavy atom. The molecule has 2 rings (SSSR count). The molecule has 6 heteroatoms. The quantitative estimate of drug-likeness (QED) is 0.938. The van der Waals surface area contributed by atoms with Crippen molar-refractivity contribution in [1.82, 2.24) is 4.57 Å². The molecule has 0 unspecified atom stereocenters. The summed E-state index contributed by atoms with van der Waals surface area (Å²) in [7, 11) is 1.50. The molecule has 100 valence electrons. The van der Waals surface area contributed by atoms with E-state index in [4.69, 9.17) is 27.9 Å². The fraction of sp³-hybridized carbons (Fsp3) is 0.154. The lowest BCUT2D eigenvalue weighted by molar-refractivity contribution is 0.0688. The van der Waals surface area contributed by atoms with E-state index in [0.717, 1.165) is 5.56 Å². The van der Waals surface area contributed by atoms with Crippen molar-refractivity contribution in [2.75, 3.05) is 7.11 Å². The number of hydrogen-bond donors (Lipinski definition) is 1. The molecular weight excluding hydrogens is 289 g/mol. The Balaban J connectivity index is 2.71. The highest BCUT2D eigenvalue weighted by Gasteiger charge is 2.17. The first-order chi connectivity index (χ1) is 8.93. The van der Waals surface area contributed by atoms with Gasteiger partial charge in [-0.3, -0.25) is 0 Å². The van der Waals surface area contributed by atoms with Crippen LogP contribution < -0.4 is 4.74 Å². The maximum absolute atomic E-state index is 11.2. The number of benzene rings is 1. The fourth-order valence-corrected chi connectivity index (χ4v) is 2.15. The van der Waals surface area contributed by atoms with E-state index < -0.39 is 5.97 Å². The summed E-state index contributed by atoms with van der Waals surface area (Å²) in [5.74, 6) is -0.591. The molecule has 1 heterocycles. The highest BCUT2D eigenvalue weighted by atomic mass is 35.5. The van der Waals surface area contributed by atoms with Gasteiger partial charge in [-0.2, -0.15) is 0 Å². The maximum Gasteiger partial charge on any atom is 0.352 e. The van der Waals surface area contributed by atoms with Gasteiger partial charge in [-0.25, -0.2) is 4.79 Å². The predicted molar refractivity (Wildman–Crippen MR) is 74.0 cm³/mol. The van der Waals surface area contributed by atoms with Crippen LogP contribution in [-0.2, 0) is 0 Å². The Morgan fingerprint density at radius 2 is 2.00 bits per heavy atom. The van der Waals surface area contributed by atoms with E-state index in [1.165, 1.54) is 23.9 Å². The third kappa shape index (κ3) is 2.55. The number of carboxylic acid groups (broad SMARTS) is 1. The van der Waals surface area contributed by atoms with E-state index in [2.05, 4.69) is 0 Å². The second-order valence-electron chi connectivity index (χ2n) is 3.99. The lowest BCUT2D eigenvalue weighted by Crippen LogP contribution is -2.07. The van der Waals surface area contributed by atoms with Crippen molar-refractivity contribution >= 4 is 29.2 Å². The van der Waals surface area contributed by atoms with Crippen molar-refractivity contribution < 1.29 is 14.6 Å². The van der Waals surface area contributed by atoms with Gasteiger partial charge < -0.3 is 14.4 Å². The fourth-order valence-electron chi connectivity index (χ4n) is 1.79. The maximum atomic E-state index is 11.2. The van der Waals surface area contributed by atoms with Gasteiger partial charge >= 0.3 is 5.97 Å². The number of methoxy groups -OCH3 is 1. The summed E-state index contributed by atoms with van der Waals surface area (Å²) in [6, 6.07) is 4.78. The summed E-state index contributed by atoms with van der Waals surface area (Å²) in [4.78, 5) is 11.2. The zero-order chi connectivity index (χ0) is 14.2. The van der Waals surface area contributed by atoms with Crippen LogP contribution in [0.15, 0.2) is 24.4 Å². The lowest BCUT2D eigenvalue weighted by Gasteiger charge is -2.13. The van der Waals surface area contributed by atoms with Crippen molar-refractivity contribution in [2.24, 2.45) is 0 Å². The first kappa shape index (κ1) is 13.8. The molecule has 0 aliphatic heterocycles. The predicted octanol–water partition coefficient (Wildman–Crippen LogP) is 3.80. The van der Waals surface area contributed by atoms with Gasteiger partial charge in [0, 0.05) is 17.3 Å². The zero-order valence-electron chi connectivity index (χ0n) is 10.3. The third-order valence-electron chi connectivity index (χ3n) is 2.73. The summed E-state index contributed by atoms with van der Waals surface area (Å²) in [6.45, 7) is 1.83. The van der Waals surface area contributed by atoms with Crippen molar-refractivity contribution in [1.29, 1.82) is 0 Å². The number of carboxylic acids is 1. The minimum Gasteiger partial charge on any atom is -0.495 e. The number of ether oxygens (including phenoxy) is 1. The second kappa shape index (κ2) is 5.15. The minimum atomic E-state index is -1.07. The smallest absolute Gasteiger partial charge is 0.352 e. The van der Waals surface area contributed by atoms with Gasteiger partial charge in [0.1, 0.15) is 11.4 Å². The Labute approximate surface area is 120 Å². The molecule has 1 aromatic carbocycles. The average Bonchev–Trinajstić information content (AvgIpc) is 2.74. The monoisotopic (exact) mass is 299 g/mol. The Morgan fingerprint density at radius 3 is 2.58 bits per heavy atom. The third-order valence-corrected chi connectivity index (χ3v) is 3.34. The minimum absolute atomic E-state index is 0.0602. The van der Waals surface area contributed by atoms with E-state index in [1.54, 1.807) is 12.1 Å². The molecule has 0 radical (unpaired) electrons. The lowest BCUT2D eigenvalue weighted by atomic mass is 10.2. The molecular formula is C13H11Cl2NO3. The van der Waals surface area contributed by atoms with Crippen molar-refractivity contribution in [3.63, 3.8) is 0 Å². The van der Waals surface area contributed by atoms with Gasteiger partial charge in [-0.15, -0.1) is 0 Å². The Hall–Kier alpha value is -1.65. The highest BCUT2D eigenvalue weighted by Crippen LogP contribution is 2.32. The SMILES string of the molecule is COc1cc(Cl)c(C)cc1-n1cc(Cl)cc1C(=O)O. The molecule has 1 aromatic heterocycles. The van der Waals surface area contributed by atoms with Gasteiger partial charge in [-0.1, -0.05) is 23.2 Å². The van der Waals surface area contributed by atoms with Crippen LogP contribution in [0.5, 0.6) is 5.75 Å². The number of carbonyl (C=O) groups is 1. The summed E-state index contributed by atoms with van der Waals surface area (Å²) >= 11 is 11.9. The molecule has 0 fully saturated rings. The summed E-state index contributed by atoms with van der Waals surface area (Å²) in [6.07, 6.45) is 1.52. The number of halogens is 2. The van der Waals surface area contributed by atoms with Gasteiger partial charge in [0.25, 0.3) is 0 Å². The molecule has 0 saturated carbocycles. The second-order valence-corrected chi connectivity index (χ2v) is 4.84. The van der Waals surface area contributed by atoms with Crippen LogP contribution in [-0.4, -0.2) is 22.8 Å². The van der Waals surface area contributed by atoms with Crippen molar-refractivity contribution in [3.05, 3.63) is 45.7 Å². The largest absolute Gasteiger partial charge is 0.495 e. The van der Waals surface area contributed by atoms with Crippen LogP contribution in [0.3, 0.4) is 0 Å². The number of aromatic carboxylic acids is 1. The molecule has 0 aliphatic rings. The first-order valence-electron chi connectivity index (χ1n) is 5.39. The standard InChI is InChI=1S/C13H11Cl2NO3/c1-7-3-10(12(19-2)5-9(7)15)16-6-8(14)4-11(16)13(17)18/h3-6H,1-2H3,(H,17,18). The van der Waals surface area contributed by atoms with Crippen LogP contribution >= 0.6 is 23.2 Å². The number of hydrogen-bond acceptors (Lipinski definition) is 2. The normalized spacial score (nSPS) is 10.5. The van der Waals surface area contributed by atoms with Gasteiger partial charge in [0.2, 0.25) is 0 Å². The first-order valence-corrected chi connectivity index (χ1v) is 6.15. The van der Waals surface area contributed by atoms with Crippen LogP contribution in [0.4, 0.5) is 0 Å². The van der Waals surface area contributed by atoms with E-state index in [0.29, 0.717) is 21.5 Å². The van der Waals surface area contributed by atoms with Crippen molar-refractivity contribution in [3.8, 4) is 11.4 Å². The van der Waals surface area contributed by atoms with Crippen LogP contribution in [0.25, 0.3) is 5.69 Å². The van der Waals surface area contributed by atoms with E-state index in [-0.39, 0.29) is 5.69 Å². The van der Waals surface area contributed by atoms with Crippen molar-refractivity contribution in [2.45, 2.75) is 6.92 Å². The van der Waals surface area contributed by atoms with E-state index in [9.17, 15) is 9.90 Å². The van der Waals surface area contributed by atoms with Crippen LogP contribution in [0.2, 0.25) is 10.0 Å².